The van der Waals surface area contributed by atoms with Gasteiger partial charge >= 0.3 is 11.9 Å². The largest absolute Gasteiger partial charge is 0.494 e. The van der Waals surface area contributed by atoms with Gasteiger partial charge in [-0.25, -0.2) is 0 Å². The maximum absolute atomic E-state index is 11.7. The molecule has 0 amide bonds. The van der Waals surface area contributed by atoms with Crippen molar-refractivity contribution in [2.75, 3.05) is 79.3 Å². The quantitative estimate of drug-likeness (QED) is 0.0184. The standard InChI is InChI=1S/C35H52O9.C30H46O6.C6H8Cl2O/c1-28(36)26-40-22-7-3-5-9-24-42-32-18-14-30(15-19-32)31-16-20-33(21-17-31)43-25-10-6-4-8-23-41-27-29(2)44-35(39)13-11-12-34(37)38;1-25(31)23-33-19-7-3-5-9-21-35-29-15-11-27(12-16-29)28-13-17-30(18-14-28)36-22-10-6-4-8-20-34-24-26(2)32;1-5(7)3-2-4-6(8)9/h14-21,28-29,36H,3-13,22-27H2,1-2H3,(H,37,38);11-18,25-26,31-32H,3-10,19-24H2,1-2H3;1-4H2. The summed E-state index contributed by atoms with van der Waals surface area (Å²) in [7, 11) is 0. The number of carboxylic acids is 1. The van der Waals surface area contributed by atoms with E-state index in [9.17, 15) is 19.5 Å². The number of allylic oxidation sites excluding steroid dienone is 1. The number of esters is 1. The van der Waals surface area contributed by atoms with Crippen LogP contribution in [0.1, 0.15) is 169 Å². The van der Waals surface area contributed by atoms with Gasteiger partial charge in [-0.2, -0.15) is 0 Å². The van der Waals surface area contributed by atoms with Crippen LogP contribution in [0.5, 0.6) is 23.0 Å². The second-order valence-corrected chi connectivity index (χ2v) is 23.2. The third-order valence-corrected chi connectivity index (χ3v) is 13.6. The van der Waals surface area contributed by atoms with Gasteiger partial charge in [0.25, 0.3) is 0 Å². The van der Waals surface area contributed by atoms with Gasteiger partial charge in [0, 0.05) is 50.7 Å². The van der Waals surface area contributed by atoms with Gasteiger partial charge in [0.05, 0.1) is 71.2 Å². The van der Waals surface area contributed by atoms with Crippen LogP contribution in [0.3, 0.4) is 0 Å². The van der Waals surface area contributed by atoms with E-state index in [4.69, 9.17) is 81.2 Å². The topological polar surface area (TPSA) is 215 Å². The zero-order valence-electron chi connectivity index (χ0n) is 53.7. The lowest BCUT2D eigenvalue weighted by Crippen LogP contribution is -2.20. The van der Waals surface area contributed by atoms with Crippen LogP contribution in [0.25, 0.3) is 22.3 Å². The van der Waals surface area contributed by atoms with Crippen molar-refractivity contribution in [3.05, 3.63) is 109 Å². The molecular formula is C71H106Cl2O16. The lowest BCUT2D eigenvalue weighted by atomic mass is 10.1. The number of aliphatic hydroxyl groups is 3. The van der Waals surface area contributed by atoms with Crippen molar-refractivity contribution in [1.82, 2.24) is 0 Å². The highest BCUT2D eigenvalue weighted by atomic mass is 35.5. The van der Waals surface area contributed by atoms with Gasteiger partial charge in [-0.1, -0.05) is 92.4 Å². The fourth-order valence-electron chi connectivity index (χ4n) is 8.50. The second kappa shape index (κ2) is 53.4. The predicted octanol–water partition coefficient (Wildman–Crippen LogP) is 15.5. The molecule has 500 valence electrons. The molecule has 89 heavy (non-hydrogen) atoms. The fourth-order valence-corrected chi connectivity index (χ4v) is 8.77. The van der Waals surface area contributed by atoms with Crippen LogP contribution in [-0.4, -0.2) is 141 Å². The van der Waals surface area contributed by atoms with E-state index in [1.807, 2.05) is 48.5 Å². The summed E-state index contributed by atoms with van der Waals surface area (Å²) in [5.41, 5.74) is 4.57. The average molecular weight is 1290 g/mol. The number of ether oxygens (including phenoxy) is 9. The third-order valence-electron chi connectivity index (χ3n) is 13.2. The molecule has 0 bridgehead atoms. The van der Waals surface area contributed by atoms with Crippen molar-refractivity contribution in [2.45, 2.75) is 193 Å². The Morgan fingerprint density at radius 2 is 0.640 bits per heavy atom. The van der Waals surface area contributed by atoms with E-state index >= 15 is 0 Å². The molecule has 0 aliphatic heterocycles. The van der Waals surface area contributed by atoms with Crippen molar-refractivity contribution >= 4 is 40.4 Å². The van der Waals surface area contributed by atoms with Gasteiger partial charge < -0.3 is 63.1 Å². The van der Waals surface area contributed by atoms with Gasteiger partial charge in [0.2, 0.25) is 5.24 Å². The minimum absolute atomic E-state index is 0.0314. The summed E-state index contributed by atoms with van der Waals surface area (Å²) in [5, 5.41) is 36.3. The first-order valence-electron chi connectivity index (χ1n) is 32.2. The fraction of sp³-hybridized carbons (Fsp3) is 0.592. The Morgan fingerprint density at radius 3 is 0.899 bits per heavy atom. The first-order chi connectivity index (χ1) is 43.0. The Hall–Kier alpha value is -5.27. The Kier molecular flexibility index (Phi) is 47.9. The summed E-state index contributed by atoms with van der Waals surface area (Å²) < 4.78 is 50.5. The number of benzene rings is 4. The summed E-state index contributed by atoms with van der Waals surface area (Å²) in [4.78, 5) is 32.3. The van der Waals surface area contributed by atoms with E-state index in [1.165, 1.54) is 0 Å². The molecule has 0 spiro atoms. The van der Waals surface area contributed by atoms with Gasteiger partial charge in [0.15, 0.2) is 0 Å². The van der Waals surface area contributed by atoms with Crippen LogP contribution < -0.4 is 18.9 Å². The molecule has 16 nitrogen and oxygen atoms in total. The minimum atomic E-state index is -0.911. The van der Waals surface area contributed by atoms with Crippen LogP contribution >= 0.6 is 23.2 Å². The Morgan fingerprint density at radius 1 is 0.371 bits per heavy atom. The lowest BCUT2D eigenvalue weighted by Gasteiger charge is -2.13. The van der Waals surface area contributed by atoms with E-state index in [1.54, 1.807) is 27.7 Å². The van der Waals surface area contributed by atoms with Crippen LogP contribution in [-0.2, 0) is 38.1 Å². The van der Waals surface area contributed by atoms with Crippen molar-refractivity contribution < 1.29 is 77.4 Å². The molecule has 0 radical (unpaired) electrons. The summed E-state index contributed by atoms with van der Waals surface area (Å²) in [6, 6.07) is 32.8. The number of halogens is 2. The zero-order valence-corrected chi connectivity index (χ0v) is 55.3. The van der Waals surface area contributed by atoms with Gasteiger partial charge in [-0.05, 0) is 206 Å². The van der Waals surface area contributed by atoms with E-state index in [-0.39, 0.29) is 48.8 Å². The first-order valence-corrected chi connectivity index (χ1v) is 33.0. The van der Waals surface area contributed by atoms with Crippen LogP contribution in [0.4, 0.5) is 0 Å². The van der Waals surface area contributed by atoms with Crippen LogP contribution in [0.15, 0.2) is 109 Å². The molecule has 0 saturated heterocycles. The van der Waals surface area contributed by atoms with Crippen molar-refractivity contribution in [3.8, 4) is 45.3 Å². The van der Waals surface area contributed by atoms with E-state index in [2.05, 4.69) is 55.1 Å². The zero-order chi connectivity index (χ0) is 65.0. The smallest absolute Gasteiger partial charge is 0.306 e. The normalized spacial score (nSPS) is 12.3. The number of unbranched alkanes of at least 4 members (excludes halogenated alkanes) is 12. The van der Waals surface area contributed by atoms with Gasteiger partial charge in [-0.3, -0.25) is 14.4 Å². The molecule has 0 saturated carbocycles. The second-order valence-electron chi connectivity index (χ2n) is 22.3. The number of aliphatic hydroxyl groups excluding tert-OH is 3. The molecule has 4 unspecified atom stereocenters. The third kappa shape index (κ3) is 47.3. The molecule has 4 atom stereocenters. The van der Waals surface area contributed by atoms with Gasteiger partial charge in [0.1, 0.15) is 29.1 Å². The molecule has 18 heteroatoms. The Balaban J connectivity index is 0.000000539. The van der Waals surface area contributed by atoms with Crippen LogP contribution in [0.2, 0.25) is 0 Å². The summed E-state index contributed by atoms with van der Waals surface area (Å²) in [6.07, 6.45) is 17.3. The maximum Gasteiger partial charge on any atom is 0.306 e. The Labute approximate surface area is 541 Å². The number of hydrogen-bond acceptors (Lipinski definition) is 15. The maximum atomic E-state index is 11.7. The Bertz CT molecular complexity index is 2290. The summed E-state index contributed by atoms with van der Waals surface area (Å²) in [5.74, 6) is 2.23. The highest BCUT2D eigenvalue weighted by Gasteiger charge is 2.11. The highest BCUT2D eigenvalue weighted by molar-refractivity contribution is 6.63. The van der Waals surface area contributed by atoms with Crippen molar-refractivity contribution in [1.29, 1.82) is 0 Å². The van der Waals surface area contributed by atoms with E-state index < -0.39 is 12.1 Å². The number of carbonyl (C=O) groups excluding carboxylic acids is 2. The molecule has 4 rings (SSSR count). The molecule has 0 aliphatic carbocycles. The number of carbonyl (C=O) groups is 3. The molecule has 4 aromatic rings. The summed E-state index contributed by atoms with van der Waals surface area (Å²) in [6.45, 7) is 17.6. The minimum Gasteiger partial charge on any atom is -0.494 e. The molecule has 0 aromatic heterocycles. The number of carboxylic acid groups (broad SMARTS) is 1. The molecule has 0 fully saturated rings. The van der Waals surface area contributed by atoms with Crippen molar-refractivity contribution in [2.24, 2.45) is 0 Å². The molecule has 4 aromatic carbocycles. The number of rotatable bonds is 51. The SMILES string of the molecule is C=C(Cl)CCCC(=O)Cl.CC(O)COCCCCCCOc1ccc(-c2ccc(OCCCCCCOCC(C)O)cc2)cc1.CC(O)COCCCCCCOc1ccc(-c2ccc(OCCCCCCOCC(C)OC(=O)CCCC(=O)O)cc2)cc1. The first kappa shape index (κ1) is 79.8. The molecule has 4 N–H and O–H groups in total. The van der Waals surface area contributed by atoms with Crippen molar-refractivity contribution in [3.63, 3.8) is 0 Å². The summed E-state index contributed by atoms with van der Waals surface area (Å²) >= 11 is 10.5. The van der Waals surface area contributed by atoms with Crippen LogP contribution in [0, 0.1) is 0 Å². The number of aliphatic carboxylic acids is 1. The van der Waals surface area contributed by atoms with Gasteiger partial charge in [-0.15, -0.1) is 0 Å². The molecule has 0 heterocycles. The lowest BCUT2D eigenvalue weighted by molar-refractivity contribution is -0.151. The van der Waals surface area contributed by atoms with E-state index in [0.29, 0.717) is 90.4 Å². The number of hydrogen-bond donors (Lipinski definition) is 4. The monoisotopic (exact) mass is 1280 g/mol. The highest BCUT2D eigenvalue weighted by Crippen LogP contribution is 2.27. The van der Waals surface area contributed by atoms with E-state index in [0.717, 1.165) is 161 Å². The molecular weight excluding hydrogens is 1180 g/mol. The molecule has 0 aliphatic rings. The predicted molar refractivity (Wildman–Crippen MR) is 355 cm³/mol. The average Bonchev–Trinajstić information content (AvgIpc) is 3.69.